The van der Waals surface area contributed by atoms with E-state index in [2.05, 4.69) is 114 Å². The summed E-state index contributed by atoms with van der Waals surface area (Å²) in [7, 11) is -1.34. The van der Waals surface area contributed by atoms with Gasteiger partial charge in [-0.3, -0.25) is 4.68 Å². The maximum absolute atomic E-state index is 9.61. The molecule has 0 unspecified atom stereocenters. The van der Waals surface area contributed by atoms with Crippen LogP contribution in [0.25, 0.3) is 28.0 Å². The van der Waals surface area contributed by atoms with Crippen molar-refractivity contribution in [2.75, 3.05) is 11.9 Å². The second-order valence-electron chi connectivity index (χ2n) is 14.9. The van der Waals surface area contributed by atoms with Gasteiger partial charge in [0.1, 0.15) is 12.1 Å². The standard InChI is InChI=1S/C42H44N9OSi/c1-29(22-43)49-39-21-40(51-41-32(25-48-51)20-31(23-44)24-46-41)45-27-38(39)33-26-47-50(28-33)35-14-10-30(11-15-35)18-19-52-53(36-8-6-5-7-9-36)37-16-12-34(13-17-37)42(2,3)4/h5-9,12-13,16-17,20-21,24-30,35H,10-11,14-15,18-19H2,1-4H3,(H,45,49)/t29-,30?,35?/m1/s1. The number of nitrogens with zero attached hydrogens (tertiary/aromatic N) is 8. The summed E-state index contributed by atoms with van der Waals surface area (Å²) in [6.45, 7) is 9.33. The van der Waals surface area contributed by atoms with Crippen molar-refractivity contribution in [2.24, 2.45) is 5.92 Å². The number of benzene rings is 2. The van der Waals surface area contributed by atoms with Crippen LogP contribution in [-0.4, -0.2) is 51.2 Å². The minimum Gasteiger partial charge on any atom is -0.407 e. The van der Waals surface area contributed by atoms with E-state index in [1.54, 1.807) is 23.1 Å². The number of rotatable bonds is 11. The van der Waals surface area contributed by atoms with Gasteiger partial charge in [-0.15, -0.1) is 0 Å². The molecule has 1 saturated carbocycles. The average molecular weight is 719 g/mol. The Morgan fingerprint density at radius 1 is 0.906 bits per heavy atom. The third-order valence-corrected chi connectivity index (χ3v) is 12.3. The Balaban J connectivity index is 1.00. The van der Waals surface area contributed by atoms with E-state index in [1.807, 2.05) is 19.2 Å². The normalized spacial score (nSPS) is 16.7. The molecule has 7 rings (SSSR count). The van der Waals surface area contributed by atoms with Gasteiger partial charge in [0.15, 0.2) is 11.5 Å². The summed E-state index contributed by atoms with van der Waals surface area (Å²) in [6.07, 6.45) is 14.4. The monoisotopic (exact) mass is 718 g/mol. The molecule has 11 heteroatoms. The van der Waals surface area contributed by atoms with Gasteiger partial charge in [0.25, 0.3) is 9.04 Å². The lowest BCUT2D eigenvalue weighted by Gasteiger charge is -2.29. The van der Waals surface area contributed by atoms with Crippen molar-refractivity contribution in [1.29, 1.82) is 10.5 Å². The summed E-state index contributed by atoms with van der Waals surface area (Å²) in [4.78, 5) is 9.17. The number of hydrogen-bond acceptors (Lipinski definition) is 8. The van der Waals surface area contributed by atoms with Crippen LogP contribution in [0.5, 0.6) is 0 Å². The number of nitriles is 2. The smallest absolute Gasteiger partial charge is 0.282 e. The van der Waals surface area contributed by atoms with Gasteiger partial charge in [0, 0.05) is 53.5 Å². The first-order valence-electron chi connectivity index (χ1n) is 18.3. The zero-order valence-electron chi connectivity index (χ0n) is 30.7. The summed E-state index contributed by atoms with van der Waals surface area (Å²) >= 11 is 0. The zero-order chi connectivity index (χ0) is 37.0. The van der Waals surface area contributed by atoms with Crippen LogP contribution >= 0.6 is 0 Å². The summed E-state index contributed by atoms with van der Waals surface area (Å²) in [5.74, 6) is 1.18. The van der Waals surface area contributed by atoms with Crippen molar-refractivity contribution in [3.63, 3.8) is 0 Å². The molecule has 0 bridgehead atoms. The predicted molar refractivity (Wildman–Crippen MR) is 209 cm³/mol. The van der Waals surface area contributed by atoms with E-state index < -0.39 is 15.1 Å². The lowest BCUT2D eigenvalue weighted by molar-refractivity contribution is 0.215. The Morgan fingerprint density at radius 3 is 2.38 bits per heavy atom. The summed E-state index contributed by atoms with van der Waals surface area (Å²) in [5.41, 5.74) is 5.07. The summed E-state index contributed by atoms with van der Waals surface area (Å²) in [5, 5.41) is 34.8. The molecule has 0 amide bonds. The van der Waals surface area contributed by atoms with Crippen molar-refractivity contribution in [2.45, 2.75) is 77.3 Å². The Morgan fingerprint density at radius 2 is 1.66 bits per heavy atom. The van der Waals surface area contributed by atoms with Crippen LogP contribution in [0.3, 0.4) is 0 Å². The molecule has 1 aliphatic carbocycles. The van der Waals surface area contributed by atoms with Crippen LogP contribution in [0.2, 0.25) is 0 Å². The third kappa shape index (κ3) is 8.07. The molecule has 1 fully saturated rings. The van der Waals surface area contributed by atoms with Crippen LogP contribution in [-0.2, 0) is 9.84 Å². The van der Waals surface area contributed by atoms with Crippen molar-refractivity contribution in [1.82, 2.24) is 29.5 Å². The van der Waals surface area contributed by atoms with Gasteiger partial charge in [-0.25, -0.2) is 9.97 Å². The van der Waals surface area contributed by atoms with E-state index in [-0.39, 0.29) is 5.41 Å². The Hall–Kier alpha value is -5.62. The van der Waals surface area contributed by atoms with Gasteiger partial charge in [-0.1, -0.05) is 75.4 Å². The molecule has 4 heterocycles. The van der Waals surface area contributed by atoms with Gasteiger partial charge in [0.2, 0.25) is 0 Å². The summed E-state index contributed by atoms with van der Waals surface area (Å²) in [6, 6.07) is 27.7. The topological polar surface area (TPSA) is 130 Å². The third-order valence-electron chi connectivity index (χ3n) is 10.1. The Bertz CT molecular complexity index is 2250. The molecular weight excluding hydrogens is 675 g/mol. The van der Waals surface area contributed by atoms with Crippen LogP contribution in [0.1, 0.15) is 77.0 Å². The molecular formula is C42H44N9OSi. The number of anilines is 1. The first-order chi connectivity index (χ1) is 25.7. The number of pyridine rings is 2. The lowest BCUT2D eigenvalue weighted by Crippen LogP contribution is -2.45. The van der Waals surface area contributed by atoms with E-state index in [0.717, 1.165) is 60.9 Å². The number of nitrogens with one attached hydrogen (secondary N) is 1. The molecule has 1 aliphatic rings. The van der Waals surface area contributed by atoms with Gasteiger partial charge in [-0.2, -0.15) is 25.4 Å². The highest BCUT2D eigenvalue weighted by molar-refractivity contribution is 6.80. The number of aromatic nitrogens is 6. The van der Waals surface area contributed by atoms with E-state index in [0.29, 0.717) is 29.0 Å². The van der Waals surface area contributed by atoms with Crippen LogP contribution in [0.4, 0.5) is 5.69 Å². The molecule has 0 saturated heterocycles. The maximum atomic E-state index is 9.61. The molecule has 0 aliphatic heterocycles. The van der Waals surface area contributed by atoms with Gasteiger partial charge in [-0.05, 0) is 72.4 Å². The van der Waals surface area contributed by atoms with Crippen molar-refractivity contribution < 1.29 is 4.43 Å². The van der Waals surface area contributed by atoms with Gasteiger partial charge < -0.3 is 9.74 Å². The van der Waals surface area contributed by atoms with Crippen LogP contribution < -0.4 is 15.7 Å². The van der Waals surface area contributed by atoms with Crippen LogP contribution in [0, 0.1) is 28.6 Å². The Labute approximate surface area is 312 Å². The minimum atomic E-state index is -1.34. The molecule has 0 spiro atoms. The molecule has 1 radical (unpaired) electrons. The van der Waals surface area contributed by atoms with Gasteiger partial charge in [0.05, 0.1) is 30.1 Å². The first-order valence-corrected chi connectivity index (χ1v) is 19.7. The zero-order valence-corrected chi connectivity index (χ0v) is 31.7. The maximum Gasteiger partial charge on any atom is 0.282 e. The fourth-order valence-corrected chi connectivity index (χ4v) is 9.03. The summed E-state index contributed by atoms with van der Waals surface area (Å²) < 4.78 is 10.5. The molecule has 1 atom stereocenters. The second kappa shape index (κ2) is 15.5. The molecule has 4 aromatic heterocycles. The van der Waals surface area contributed by atoms with E-state index >= 15 is 0 Å². The molecule has 53 heavy (non-hydrogen) atoms. The minimum absolute atomic E-state index is 0.122. The highest BCUT2D eigenvalue weighted by Crippen LogP contribution is 2.36. The largest absolute Gasteiger partial charge is 0.407 e. The quantitative estimate of drug-likeness (QED) is 0.140. The van der Waals surface area contributed by atoms with E-state index in [1.165, 1.54) is 22.1 Å². The number of hydrogen-bond donors (Lipinski definition) is 1. The predicted octanol–water partition coefficient (Wildman–Crippen LogP) is 7.12. The van der Waals surface area contributed by atoms with Crippen molar-refractivity contribution in [3.05, 3.63) is 109 Å². The highest BCUT2D eigenvalue weighted by Gasteiger charge is 2.26. The fraction of sp³-hybridized carbons (Fsp3) is 0.333. The SMILES string of the molecule is C[C@H](C#N)Nc1cc(-n2ncc3cc(C#N)cnc32)ncc1-c1cnn(C2CCC(CCO[Si](c3ccccc3)c3ccc(C(C)(C)C)cc3)CC2)c1. The van der Waals surface area contributed by atoms with Crippen molar-refractivity contribution >= 4 is 36.1 Å². The molecule has 2 aromatic carbocycles. The highest BCUT2D eigenvalue weighted by atomic mass is 28.3. The first kappa shape index (κ1) is 35.8. The van der Waals surface area contributed by atoms with E-state index in [9.17, 15) is 10.5 Å². The molecule has 10 nitrogen and oxygen atoms in total. The molecule has 6 aromatic rings. The fourth-order valence-electron chi connectivity index (χ4n) is 7.07. The Kier molecular flexibility index (Phi) is 10.5. The molecule has 1 N–H and O–H groups in total. The number of fused-ring (bicyclic) bond motifs is 1. The van der Waals surface area contributed by atoms with E-state index in [4.69, 9.17) is 14.5 Å². The molecule has 267 valence electrons. The average Bonchev–Trinajstić information content (AvgIpc) is 3.85. The van der Waals surface area contributed by atoms with Crippen LogP contribution in [0.15, 0.2) is 97.7 Å². The lowest BCUT2D eigenvalue weighted by atomic mass is 9.84. The van der Waals surface area contributed by atoms with Gasteiger partial charge >= 0.3 is 0 Å². The van der Waals surface area contributed by atoms with Crippen molar-refractivity contribution in [3.8, 4) is 29.1 Å². The second-order valence-corrected chi connectivity index (χ2v) is 17.0.